The number of nitrogens with zero attached hydrogens (tertiary/aromatic N) is 1. The molecule has 0 aliphatic carbocycles. The number of amides is 2. The Hall–Kier alpha value is -2.09. The van der Waals surface area contributed by atoms with E-state index in [4.69, 9.17) is 0 Å². The van der Waals surface area contributed by atoms with Crippen LogP contribution >= 0.6 is 0 Å². The molecule has 24 heavy (non-hydrogen) atoms. The predicted molar refractivity (Wildman–Crippen MR) is 79.8 cm³/mol. The maximum atomic E-state index is 12.7. The number of benzene rings is 1. The number of carbonyl (C=O) groups is 2. The van der Waals surface area contributed by atoms with Crippen molar-refractivity contribution in [1.29, 1.82) is 0 Å². The van der Waals surface area contributed by atoms with Crippen molar-refractivity contribution >= 4 is 11.8 Å². The van der Waals surface area contributed by atoms with Gasteiger partial charge in [-0.2, -0.15) is 13.2 Å². The highest BCUT2D eigenvalue weighted by Gasteiger charge is 2.33. The van der Waals surface area contributed by atoms with E-state index in [1.54, 1.807) is 0 Å². The minimum atomic E-state index is -4.50. The minimum absolute atomic E-state index is 0.0694. The molecule has 0 aromatic heterocycles. The van der Waals surface area contributed by atoms with Crippen LogP contribution in [0.25, 0.3) is 0 Å². The number of aliphatic hydroxyl groups is 1. The highest BCUT2D eigenvalue weighted by molar-refractivity contribution is 5.87. The van der Waals surface area contributed by atoms with Crippen LogP contribution in [0.5, 0.6) is 0 Å². The van der Waals surface area contributed by atoms with Gasteiger partial charge in [0.25, 0.3) is 0 Å². The van der Waals surface area contributed by atoms with E-state index in [0.29, 0.717) is 19.4 Å². The highest BCUT2D eigenvalue weighted by Crippen LogP contribution is 2.30. The molecule has 132 valence electrons. The number of hydrogen-bond acceptors (Lipinski definition) is 3. The maximum absolute atomic E-state index is 12.7. The Morgan fingerprint density at radius 3 is 2.75 bits per heavy atom. The second kappa shape index (κ2) is 7.21. The number of nitrogens with one attached hydrogen (secondary N) is 1. The number of carbonyl (C=O) groups excluding carboxylic acids is 2. The molecule has 5 nitrogen and oxygen atoms in total. The van der Waals surface area contributed by atoms with Crippen molar-refractivity contribution in [2.24, 2.45) is 0 Å². The smallest absolute Gasteiger partial charge is 0.387 e. The zero-order valence-electron chi connectivity index (χ0n) is 13.1. The fraction of sp³-hybridized carbons (Fsp3) is 0.500. The van der Waals surface area contributed by atoms with Gasteiger partial charge in [0.05, 0.1) is 11.7 Å². The Bertz CT molecular complexity index is 619. The van der Waals surface area contributed by atoms with Crippen molar-refractivity contribution in [3.8, 4) is 0 Å². The number of halogens is 3. The summed E-state index contributed by atoms with van der Waals surface area (Å²) >= 11 is 0. The average molecular weight is 344 g/mol. The van der Waals surface area contributed by atoms with E-state index in [1.807, 2.05) is 0 Å². The van der Waals surface area contributed by atoms with E-state index >= 15 is 0 Å². The molecular weight excluding hydrogens is 325 g/mol. The fourth-order valence-electron chi connectivity index (χ4n) is 2.77. The number of rotatable bonds is 4. The first kappa shape index (κ1) is 18.3. The van der Waals surface area contributed by atoms with Crippen molar-refractivity contribution in [2.45, 2.75) is 38.1 Å². The van der Waals surface area contributed by atoms with Gasteiger partial charge in [0.15, 0.2) is 0 Å². The van der Waals surface area contributed by atoms with Gasteiger partial charge < -0.3 is 15.3 Å². The molecule has 8 heteroatoms. The Morgan fingerprint density at radius 1 is 1.42 bits per heavy atom. The monoisotopic (exact) mass is 344 g/mol. The molecule has 2 unspecified atom stereocenters. The Balaban J connectivity index is 1.97. The average Bonchev–Trinajstić information content (AvgIpc) is 3.01. The third-order valence-electron chi connectivity index (χ3n) is 4.03. The van der Waals surface area contributed by atoms with Crippen LogP contribution in [0.3, 0.4) is 0 Å². The Labute approximate surface area is 137 Å². The summed E-state index contributed by atoms with van der Waals surface area (Å²) < 4.78 is 38.0. The quantitative estimate of drug-likeness (QED) is 0.876. The first-order chi connectivity index (χ1) is 11.2. The van der Waals surface area contributed by atoms with E-state index in [1.165, 1.54) is 24.0 Å². The predicted octanol–water partition coefficient (Wildman–Crippen LogP) is 1.87. The van der Waals surface area contributed by atoms with Gasteiger partial charge in [-0.05, 0) is 30.5 Å². The van der Waals surface area contributed by atoms with Crippen LogP contribution in [0.15, 0.2) is 24.3 Å². The molecule has 0 bridgehead atoms. The number of hydrogen-bond donors (Lipinski definition) is 2. The van der Waals surface area contributed by atoms with Gasteiger partial charge in [-0.25, -0.2) is 0 Å². The summed E-state index contributed by atoms with van der Waals surface area (Å²) in [4.78, 5) is 25.0. The lowest BCUT2D eigenvalue weighted by atomic mass is 10.1. The molecule has 1 fully saturated rings. The van der Waals surface area contributed by atoms with Crippen molar-refractivity contribution in [3.63, 3.8) is 0 Å². The molecule has 1 aromatic carbocycles. The molecule has 2 amide bonds. The molecule has 0 radical (unpaired) electrons. The zero-order valence-corrected chi connectivity index (χ0v) is 13.1. The Kier molecular flexibility index (Phi) is 5.48. The van der Waals surface area contributed by atoms with Gasteiger partial charge in [-0.15, -0.1) is 0 Å². The lowest BCUT2D eigenvalue weighted by Crippen LogP contribution is -2.46. The van der Waals surface area contributed by atoms with Gasteiger partial charge in [-0.1, -0.05) is 12.1 Å². The largest absolute Gasteiger partial charge is 0.416 e. The molecule has 1 aliphatic rings. The Morgan fingerprint density at radius 2 is 2.12 bits per heavy atom. The third-order valence-corrected chi connectivity index (χ3v) is 4.03. The second-order valence-corrected chi connectivity index (χ2v) is 5.75. The SMILES string of the molecule is CC(=O)N1CCCC1C(=O)NCC(O)c1cccc(C(F)(F)F)c1. The summed E-state index contributed by atoms with van der Waals surface area (Å²) in [5, 5.41) is 12.5. The van der Waals surface area contributed by atoms with E-state index in [0.717, 1.165) is 12.1 Å². The lowest BCUT2D eigenvalue weighted by Gasteiger charge is -2.23. The molecule has 1 heterocycles. The zero-order chi connectivity index (χ0) is 17.9. The summed E-state index contributed by atoms with van der Waals surface area (Å²) in [7, 11) is 0. The summed E-state index contributed by atoms with van der Waals surface area (Å²) in [6.45, 7) is 1.66. The van der Waals surface area contributed by atoms with Crippen molar-refractivity contribution in [1.82, 2.24) is 10.2 Å². The van der Waals surface area contributed by atoms with E-state index in [-0.39, 0.29) is 18.0 Å². The second-order valence-electron chi connectivity index (χ2n) is 5.75. The lowest BCUT2D eigenvalue weighted by molar-refractivity contribution is -0.137. The molecule has 2 N–H and O–H groups in total. The summed E-state index contributed by atoms with van der Waals surface area (Å²) in [5.74, 6) is -0.611. The first-order valence-electron chi connectivity index (χ1n) is 7.60. The highest BCUT2D eigenvalue weighted by atomic mass is 19.4. The van der Waals surface area contributed by atoms with Crippen LogP contribution in [-0.4, -0.2) is 41.0 Å². The number of likely N-dealkylation sites (tertiary alicyclic amines) is 1. The van der Waals surface area contributed by atoms with Crippen LogP contribution in [0.4, 0.5) is 13.2 Å². The molecule has 1 aliphatic heterocycles. The molecule has 2 atom stereocenters. The summed E-state index contributed by atoms with van der Waals surface area (Å²) in [6, 6.07) is 3.75. The molecule has 0 spiro atoms. The third kappa shape index (κ3) is 4.25. The van der Waals surface area contributed by atoms with E-state index in [2.05, 4.69) is 5.32 Å². The van der Waals surface area contributed by atoms with Crippen LogP contribution in [0.2, 0.25) is 0 Å². The molecule has 2 rings (SSSR count). The minimum Gasteiger partial charge on any atom is -0.387 e. The van der Waals surface area contributed by atoms with E-state index in [9.17, 15) is 27.9 Å². The van der Waals surface area contributed by atoms with Crippen LogP contribution in [0.1, 0.15) is 37.0 Å². The molecular formula is C16H19F3N2O3. The maximum Gasteiger partial charge on any atom is 0.416 e. The van der Waals surface area contributed by atoms with Crippen LogP contribution in [-0.2, 0) is 15.8 Å². The van der Waals surface area contributed by atoms with Crippen molar-refractivity contribution in [2.75, 3.05) is 13.1 Å². The normalized spacial score (nSPS) is 19.2. The van der Waals surface area contributed by atoms with E-state index < -0.39 is 29.8 Å². The van der Waals surface area contributed by atoms with Gasteiger partial charge in [0.2, 0.25) is 11.8 Å². The van der Waals surface area contributed by atoms with Gasteiger partial charge >= 0.3 is 6.18 Å². The van der Waals surface area contributed by atoms with Gasteiger partial charge in [-0.3, -0.25) is 9.59 Å². The van der Waals surface area contributed by atoms with Crippen LogP contribution in [0, 0.1) is 0 Å². The fourth-order valence-corrected chi connectivity index (χ4v) is 2.77. The van der Waals surface area contributed by atoms with Crippen LogP contribution < -0.4 is 5.32 Å². The van der Waals surface area contributed by atoms with Crippen molar-refractivity contribution < 1.29 is 27.9 Å². The van der Waals surface area contributed by atoms with Gasteiger partial charge in [0, 0.05) is 20.0 Å². The summed E-state index contributed by atoms with van der Waals surface area (Å²) in [5.41, 5.74) is -0.788. The summed E-state index contributed by atoms with van der Waals surface area (Å²) in [6.07, 6.45) is -4.51. The molecule has 1 aromatic rings. The molecule has 0 saturated carbocycles. The topological polar surface area (TPSA) is 69.6 Å². The van der Waals surface area contributed by atoms with Crippen molar-refractivity contribution in [3.05, 3.63) is 35.4 Å². The number of aliphatic hydroxyl groups excluding tert-OH is 1. The molecule has 1 saturated heterocycles. The van der Waals surface area contributed by atoms with Gasteiger partial charge in [0.1, 0.15) is 6.04 Å². The first-order valence-corrected chi connectivity index (χ1v) is 7.60. The standard InChI is InChI=1S/C16H19F3N2O3/c1-10(22)21-7-3-6-13(21)15(24)20-9-14(23)11-4-2-5-12(8-11)16(17,18)19/h2,4-5,8,13-14,23H,3,6-7,9H2,1H3,(H,20,24). The number of alkyl halides is 3.